The maximum Gasteiger partial charge on any atom is 0.429 e. The van der Waals surface area contributed by atoms with Crippen LogP contribution in [-0.2, 0) is 9.53 Å². The molecule has 0 saturated heterocycles. The number of rotatable bonds is 3. The third kappa shape index (κ3) is 3.59. The van der Waals surface area contributed by atoms with Crippen molar-refractivity contribution in [2.24, 2.45) is 0 Å². The van der Waals surface area contributed by atoms with Crippen molar-refractivity contribution >= 4 is 5.97 Å². The van der Waals surface area contributed by atoms with E-state index in [1.165, 1.54) is 0 Å². The van der Waals surface area contributed by atoms with Crippen molar-refractivity contribution in [2.75, 3.05) is 6.67 Å². The zero-order chi connectivity index (χ0) is 9.07. The lowest BCUT2D eigenvalue weighted by Gasteiger charge is -2.10. The zero-order valence-corrected chi connectivity index (χ0v) is 5.24. The first-order chi connectivity index (χ1) is 4.89. The molecule has 0 aromatic rings. The molecule has 0 aliphatic carbocycles. The molecule has 0 aliphatic heterocycles. The Kier molecular flexibility index (Phi) is 3.03. The summed E-state index contributed by atoms with van der Waals surface area (Å²) in [4.78, 5) is 9.97. The third-order valence-electron chi connectivity index (χ3n) is 0.619. The number of ether oxygens (including phenoxy) is 1. The van der Waals surface area contributed by atoms with Crippen LogP contribution in [0.3, 0.4) is 0 Å². The second-order valence-corrected chi connectivity index (χ2v) is 1.57. The Morgan fingerprint density at radius 3 is 2.27 bits per heavy atom. The average Bonchev–Trinajstić information content (AvgIpc) is 1.87. The number of hydrogen-bond donors (Lipinski definition) is 0. The van der Waals surface area contributed by atoms with Crippen molar-refractivity contribution in [2.45, 2.75) is 6.11 Å². The number of esters is 1. The van der Waals surface area contributed by atoms with E-state index in [4.69, 9.17) is 0 Å². The molecular weight excluding hydrogens is 168 g/mol. The quantitative estimate of drug-likeness (QED) is 0.367. The Morgan fingerprint density at radius 1 is 1.55 bits per heavy atom. The van der Waals surface area contributed by atoms with E-state index in [0.717, 1.165) is 0 Å². The summed E-state index contributed by atoms with van der Waals surface area (Å²) in [5.41, 5.74) is 0. The van der Waals surface area contributed by atoms with Crippen LogP contribution in [0.1, 0.15) is 0 Å². The maximum absolute atomic E-state index is 11.7. The molecule has 2 nitrogen and oxygen atoms in total. The van der Waals surface area contributed by atoms with E-state index in [9.17, 15) is 22.4 Å². The smallest absolute Gasteiger partial charge is 0.393 e. The predicted molar refractivity (Wildman–Crippen MR) is 27.3 cm³/mol. The van der Waals surface area contributed by atoms with Crippen LogP contribution in [0.2, 0.25) is 0 Å². The van der Waals surface area contributed by atoms with Crippen LogP contribution in [0.5, 0.6) is 0 Å². The number of alkyl halides is 3. The first-order valence-corrected chi connectivity index (χ1v) is 2.40. The summed E-state index contributed by atoms with van der Waals surface area (Å²) in [6.07, 6.45) is -4.27. The Bertz CT molecular complexity index is 177. The summed E-state index contributed by atoms with van der Waals surface area (Å²) in [7, 11) is 0. The lowest BCUT2D eigenvalue weighted by Crippen LogP contribution is -2.27. The van der Waals surface area contributed by atoms with Gasteiger partial charge in [0.2, 0.25) is 5.83 Å². The molecule has 0 fully saturated rings. The van der Waals surface area contributed by atoms with E-state index in [0.29, 0.717) is 0 Å². The molecule has 0 bridgehead atoms. The molecule has 64 valence electrons. The van der Waals surface area contributed by atoms with Gasteiger partial charge in [-0.05, 0) is 0 Å². The molecule has 6 heteroatoms. The molecule has 0 N–H and O–H groups in total. The third-order valence-corrected chi connectivity index (χ3v) is 0.619. The predicted octanol–water partition coefficient (Wildman–Crippen LogP) is 1.58. The highest BCUT2D eigenvalue weighted by molar-refractivity contribution is 5.85. The number of carbonyl (C=O) groups is 1. The van der Waals surface area contributed by atoms with Crippen LogP contribution in [0.4, 0.5) is 17.6 Å². The van der Waals surface area contributed by atoms with Gasteiger partial charge in [-0.15, -0.1) is 0 Å². The van der Waals surface area contributed by atoms with Crippen molar-refractivity contribution in [1.29, 1.82) is 0 Å². The first-order valence-electron chi connectivity index (χ1n) is 2.40. The van der Waals surface area contributed by atoms with Crippen LogP contribution >= 0.6 is 0 Å². The van der Waals surface area contributed by atoms with Gasteiger partial charge in [0.05, 0.1) is 0 Å². The van der Waals surface area contributed by atoms with E-state index in [2.05, 4.69) is 11.3 Å². The molecule has 0 aromatic heterocycles. The van der Waals surface area contributed by atoms with Gasteiger partial charge in [-0.2, -0.15) is 13.2 Å². The van der Waals surface area contributed by atoms with Gasteiger partial charge in [0, 0.05) is 0 Å². The fraction of sp³-hybridized carbons (Fsp3) is 0.400. The summed E-state index contributed by atoms with van der Waals surface area (Å²) in [5.74, 6) is -3.66. The molecule has 0 radical (unpaired) electrons. The Hall–Kier alpha value is -1.07. The summed E-state index contributed by atoms with van der Waals surface area (Å²) in [5, 5.41) is 0. The molecule has 0 heterocycles. The molecule has 0 spiro atoms. The number of hydrogen-bond acceptors (Lipinski definition) is 2. The molecule has 0 atom stereocenters. The van der Waals surface area contributed by atoms with Gasteiger partial charge in [0.1, 0.15) is 0 Å². The van der Waals surface area contributed by atoms with Gasteiger partial charge >= 0.3 is 12.1 Å². The average molecular weight is 172 g/mol. The largest absolute Gasteiger partial charge is 0.429 e. The van der Waals surface area contributed by atoms with Gasteiger partial charge in [-0.3, -0.25) is 0 Å². The Labute approximate surface area is 59.4 Å². The van der Waals surface area contributed by atoms with Gasteiger partial charge in [-0.1, -0.05) is 6.58 Å². The molecule has 0 unspecified atom stereocenters. The van der Waals surface area contributed by atoms with Crippen molar-refractivity contribution in [3.63, 3.8) is 0 Å². The zero-order valence-electron chi connectivity index (χ0n) is 5.24. The standard InChI is InChI=1S/C5H4F4O2/c1-3(7)4(10)11-5(8,9)2-6/h1-2H2. The maximum atomic E-state index is 11.7. The normalized spacial score (nSPS) is 10.9. The van der Waals surface area contributed by atoms with E-state index in [1.807, 2.05) is 0 Å². The monoisotopic (exact) mass is 172 g/mol. The topological polar surface area (TPSA) is 26.3 Å². The number of carbonyl (C=O) groups excluding carboxylic acids is 1. The van der Waals surface area contributed by atoms with Crippen molar-refractivity contribution < 1.29 is 27.1 Å². The summed E-state index contributed by atoms with van der Waals surface area (Å²) >= 11 is 0. The lowest BCUT2D eigenvalue weighted by molar-refractivity contribution is -0.236. The molecule has 0 aliphatic rings. The second kappa shape index (κ2) is 3.36. The van der Waals surface area contributed by atoms with Crippen molar-refractivity contribution in [1.82, 2.24) is 0 Å². The summed E-state index contributed by atoms with van der Waals surface area (Å²) < 4.78 is 49.4. The minimum Gasteiger partial charge on any atom is -0.393 e. The molecule has 0 amide bonds. The van der Waals surface area contributed by atoms with E-state index in [1.54, 1.807) is 0 Å². The van der Waals surface area contributed by atoms with Crippen LogP contribution in [-0.4, -0.2) is 18.8 Å². The van der Waals surface area contributed by atoms with Gasteiger partial charge < -0.3 is 4.74 Å². The van der Waals surface area contributed by atoms with Gasteiger partial charge in [0.15, 0.2) is 6.67 Å². The summed E-state index contributed by atoms with van der Waals surface area (Å²) in [6, 6.07) is 0. The molecule has 0 rings (SSSR count). The summed E-state index contributed by atoms with van der Waals surface area (Å²) in [6.45, 7) is 0.188. The van der Waals surface area contributed by atoms with E-state index < -0.39 is 24.6 Å². The van der Waals surface area contributed by atoms with Crippen molar-refractivity contribution in [3.8, 4) is 0 Å². The van der Waals surface area contributed by atoms with E-state index in [-0.39, 0.29) is 0 Å². The fourth-order valence-electron chi connectivity index (χ4n) is 0.218. The van der Waals surface area contributed by atoms with Crippen LogP contribution in [0.15, 0.2) is 12.4 Å². The fourth-order valence-corrected chi connectivity index (χ4v) is 0.218. The highest BCUT2D eigenvalue weighted by atomic mass is 19.3. The minimum atomic E-state index is -4.27. The van der Waals surface area contributed by atoms with E-state index >= 15 is 0 Å². The molecule has 0 saturated carbocycles. The van der Waals surface area contributed by atoms with Crippen molar-refractivity contribution in [3.05, 3.63) is 12.4 Å². The molecular formula is C5H4F4O2. The molecule has 0 aromatic carbocycles. The highest BCUT2D eigenvalue weighted by Gasteiger charge is 2.34. The molecule has 11 heavy (non-hydrogen) atoms. The van der Waals surface area contributed by atoms with Gasteiger partial charge in [0.25, 0.3) is 0 Å². The van der Waals surface area contributed by atoms with Gasteiger partial charge in [-0.25, -0.2) is 9.18 Å². The second-order valence-electron chi connectivity index (χ2n) is 1.57. The van der Waals surface area contributed by atoms with Crippen LogP contribution in [0.25, 0.3) is 0 Å². The highest BCUT2D eigenvalue weighted by Crippen LogP contribution is 2.17. The van der Waals surface area contributed by atoms with Crippen LogP contribution in [0, 0.1) is 0 Å². The first kappa shape index (κ1) is 9.93. The Morgan fingerprint density at radius 2 is 2.00 bits per heavy atom. The minimum absolute atomic E-state index is 1.70. The SMILES string of the molecule is C=C(F)C(=O)OC(F)(F)CF. The van der Waals surface area contributed by atoms with Crippen LogP contribution < -0.4 is 0 Å². The Balaban J connectivity index is 4.04. The number of halogens is 4. The lowest BCUT2D eigenvalue weighted by atomic mass is 10.6.